The van der Waals surface area contributed by atoms with Crippen LogP contribution < -0.4 is 10.1 Å². The van der Waals surface area contributed by atoms with Crippen LogP contribution in [0.2, 0.25) is 0 Å². The van der Waals surface area contributed by atoms with Crippen LogP contribution in [0.4, 0.5) is 0 Å². The van der Waals surface area contributed by atoms with Crippen molar-refractivity contribution in [3.8, 4) is 5.75 Å². The molecule has 1 N–H and O–H groups in total. The van der Waals surface area contributed by atoms with Crippen molar-refractivity contribution in [2.45, 2.75) is 70.2 Å². The van der Waals surface area contributed by atoms with Crippen molar-refractivity contribution in [1.29, 1.82) is 0 Å². The number of ether oxygens (including phenoxy) is 2. The van der Waals surface area contributed by atoms with E-state index in [-0.39, 0.29) is 0 Å². The summed E-state index contributed by atoms with van der Waals surface area (Å²) in [7, 11) is 0. The van der Waals surface area contributed by atoms with Crippen LogP contribution in [0.1, 0.15) is 51.0 Å². The maximum Gasteiger partial charge on any atom is 0.125 e. The van der Waals surface area contributed by atoms with Gasteiger partial charge in [-0.3, -0.25) is 4.98 Å². The number of aromatic nitrogens is 1. The van der Waals surface area contributed by atoms with Crippen LogP contribution in [0.15, 0.2) is 18.5 Å². The smallest absolute Gasteiger partial charge is 0.125 e. The second kappa shape index (κ2) is 7.93. The Morgan fingerprint density at radius 2 is 1.73 bits per heavy atom. The molecular weight excluding hydrogens is 276 g/mol. The fourth-order valence-electron chi connectivity index (χ4n) is 3.46. The average Bonchev–Trinajstić information content (AvgIpc) is 2.58. The van der Waals surface area contributed by atoms with Crippen LogP contribution >= 0.6 is 0 Å². The van der Waals surface area contributed by atoms with Crippen LogP contribution in [-0.4, -0.2) is 36.4 Å². The number of rotatable bonds is 5. The Kier molecular flexibility index (Phi) is 5.68. The van der Waals surface area contributed by atoms with Crippen molar-refractivity contribution in [3.63, 3.8) is 0 Å². The quantitative estimate of drug-likeness (QED) is 0.908. The number of nitrogens with zero attached hydrogens (tertiary/aromatic N) is 1. The topological polar surface area (TPSA) is 43.4 Å². The number of piperidine rings is 1. The number of aryl methyl sites for hydroxylation is 1. The highest BCUT2D eigenvalue weighted by Crippen LogP contribution is 2.28. The van der Waals surface area contributed by atoms with Crippen molar-refractivity contribution >= 4 is 0 Å². The standard InChI is InChI=1S/C18H28N2O2/c1-2-14-13-20-12-9-18(14)22-16-5-3-15(4-6-16)21-17-7-10-19-11-8-17/h9,12-13,15-17,19H,2-8,10-11H2,1H3. The predicted octanol–water partition coefficient (Wildman–Crippen LogP) is 3.10. The summed E-state index contributed by atoms with van der Waals surface area (Å²) < 4.78 is 12.5. The number of pyridine rings is 1. The molecule has 0 atom stereocenters. The van der Waals surface area contributed by atoms with Gasteiger partial charge in [0.25, 0.3) is 0 Å². The molecule has 3 rings (SSSR count). The van der Waals surface area contributed by atoms with Gasteiger partial charge in [-0.1, -0.05) is 6.92 Å². The molecule has 1 aromatic rings. The van der Waals surface area contributed by atoms with Gasteiger partial charge in [0.05, 0.1) is 18.3 Å². The van der Waals surface area contributed by atoms with Gasteiger partial charge in [-0.2, -0.15) is 0 Å². The lowest BCUT2D eigenvalue weighted by molar-refractivity contribution is -0.0549. The summed E-state index contributed by atoms with van der Waals surface area (Å²) in [6.07, 6.45) is 12.7. The molecule has 2 fully saturated rings. The SMILES string of the molecule is CCc1cnccc1OC1CCC(OC2CCNCC2)CC1. The van der Waals surface area contributed by atoms with Crippen molar-refractivity contribution in [2.75, 3.05) is 13.1 Å². The number of hydrogen-bond acceptors (Lipinski definition) is 4. The highest BCUT2D eigenvalue weighted by Gasteiger charge is 2.26. The van der Waals surface area contributed by atoms with Gasteiger partial charge in [-0.05, 0) is 64.1 Å². The summed E-state index contributed by atoms with van der Waals surface area (Å²) in [5, 5.41) is 3.39. The summed E-state index contributed by atoms with van der Waals surface area (Å²) in [4.78, 5) is 4.18. The molecule has 1 saturated heterocycles. The normalized spacial score (nSPS) is 26.8. The van der Waals surface area contributed by atoms with E-state index in [0.29, 0.717) is 18.3 Å². The Bertz CT molecular complexity index is 452. The minimum Gasteiger partial charge on any atom is -0.490 e. The van der Waals surface area contributed by atoms with Gasteiger partial charge in [0, 0.05) is 18.0 Å². The predicted molar refractivity (Wildman–Crippen MR) is 87.3 cm³/mol. The van der Waals surface area contributed by atoms with E-state index >= 15 is 0 Å². The lowest BCUT2D eigenvalue weighted by Gasteiger charge is -2.33. The Morgan fingerprint density at radius 3 is 2.45 bits per heavy atom. The van der Waals surface area contributed by atoms with E-state index in [9.17, 15) is 0 Å². The molecule has 0 radical (unpaired) electrons. The summed E-state index contributed by atoms with van der Waals surface area (Å²) in [6.45, 7) is 4.35. The molecule has 2 aliphatic rings. The van der Waals surface area contributed by atoms with Gasteiger partial charge in [0.15, 0.2) is 0 Å². The lowest BCUT2D eigenvalue weighted by Crippen LogP contribution is -2.37. The van der Waals surface area contributed by atoms with Gasteiger partial charge in [0.2, 0.25) is 0 Å². The third kappa shape index (κ3) is 4.20. The zero-order valence-electron chi connectivity index (χ0n) is 13.6. The third-order valence-corrected chi connectivity index (χ3v) is 4.83. The van der Waals surface area contributed by atoms with E-state index in [1.54, 1.807) is 0 Å². The second-order valence-electron chi connectivity index (χ2n) is 6.44. The minimum atomic E-state index is 0.334. The highest BCUT2D eigenvalue weighted by atomic mass is 16.5. The van der Waals surface area contributed by atoms with Crippen LogP contribution in [0.3, 0.4) is 0 Å². The zero-order chi connectivity index (χ0) is 15.2. The molecule has 0 aromatic carbocycles. The van der Waals surface area contributed by atoms with Crippen LogP contribution in [0.5, 0.6) is 5.75 Å². The third-order valence-electron chi connectivity index (χ3n) is 4.83. The maximum atomic E-state index is 6.27. The number of hydrogen-bond donors (Lipinski definition) is 1. The fourth-order valence-corrected chi connectivity index (χ4v) is 3.46. The van der Waals surface area contributed by atoms with Crippen molar-refractivity contribution < 1.29 is 9.47 Å². The number of nitrogens with one attached hydrogen (secondary N) is 1. The molecule has 1 saturated carbocycles. The molecule has 0 amide bonds. The maximum absolute atomic E-state index is 6.27. The first-order chi connectivity index (χ1) is 10.8. The summed E-state index contributed by atoms with van der Waals surface area (Å²) in [6, 6.07) is 2.00. The molecule has 4 heteroatoms. The minimum absolute atomic E-state index is 0.334. The van der Waals surface area contributed by atoms with Crippen molar-refractivity contribution in [3.05, 3.63) is 24.0 Å². The van der Waals surface area contributed by atoms with E-state index < -0.39 is 0 Å². The summed E-state index contributed by atoms with van der Waals surface area (Å²) in [5.41, 5.74) is 1.20. The van der Waals surface area contributed by atoms with E-state index in [4.69, 9.17) is 9.47 Å². The molecule has 4 nitrogen and oxygen atoms in total. The van der Waals surface area contributed by atoms with E-state index in [0.717, 1.165) is 63.8 Å². The largest absolute Gasteiger partial charge is 0.490 e. The first-order valence-electron chi connectivity index (χ1n) is 8.81. The van der Waals surface area contributed by atoms with E-state index in [2.05, 4.69) is 17.2 Å². The molecule has 0 unspecified atom stereocenters. The lowest BCUT2D eigenvalue weighted by atomic mass is 9.94. The Balaban J connectivity index is 1.45. The second-order valence-corrected chi connectivity index (χ2v) is 6.44. The van der Waals surface area contributed by atoms with Gasteiger partial charge in [-0.15, -0.1) is 0 Å². The highest BCUT2D eigenvalue weighted by molar-refractivity contribution is 5.30. The fraction of sp³-hybridized carbons (Fsp3) is 0.722. The van der Waals surface area contributed by atoms with Crippen LogP contribution in [-0.2, 0) is 11.2 Å². The Morgan fingerprint density at radius 1 is 1.05 bits per heavy atom. The van der Waals surface area contributed by atoms with Gasteiger partial charge >= 0.3 is 0 Å². The molecule has 1 aliphatic heterocycles. The molecule has 1 aliphatic carbocycles. The van der Waals surface area contributed by atoms with Crippen LogP contribution in [0.25, 0.3) is 0 Å². The molecule has 22 heavy (non-hydrogen) atoms. The molecule has 1 aromatic heterocycles. The first kappa shape index (κ1) is 15.8. The monoisotopic (exact) mass is 304 g/mol. The molecular formula is C18H28N2O2. The molecule has 0 bridgehead atoms. The van der Waals surface area contributed by atoms with Gasteiger partial charge in [-0.25, -0.2) is 0 Å². The van der Waals surface area contributed by atoms with Crippen molar-refractivity contribution in [2.24, 2.45) is 0 Å². The summed E-state index contributed by atoms with van der Waals surface area (Å²) >= 11 is 0. The van der Waals surface area contributed by atoms with Gasteiger partial charge in [0.1, 0.15) is 5.75 Å². The molecule has 122 valence electrons. The zero-order valence-corrected chi connectivity index (χ0v) is 13.6. The first-order valence-corrected chi connectivity index (χ1v) is 8.81. The molecule has 2 heterocycles. The van der Waals surface area contributed by atoms with Gasteiger partial charge < -0.3 is 14.8 Å². The Hall–Kier alpha value is -1.13. The van der Waals surface area contributed by atoms with Crippen LogP contribution in [0, 0.1) is 0 Å². The van der Waals surface area contributed by atoms with E-state index in [1.807, 2.05) is 18.5 Å². The summed E-state index contributed by atoms with van der Waals surface area (Å²) in [5.74, 6) is 1.01. The average molecular weight is 304 g/mol. The Labute approximate surface area is 133 Å². The van der Waals surface area contributed by atoms with Crippen molar-refractivity contribution in [1.82, 2.24) is 10.3 Å². The molecule has 0 spiro atoms. The van der Waals surface area contributed by atoms with E-state index in [1.165, 1.54) is 5.56 Å².